The Morgan fingerprint density at radius 1 is 1.24 bits per heavy atom. The molecule has 5 nitrogen and oxygen atoms in total. The van der Waals surface area contributed by atoms with Crippen LogP contribution in [0.1, 0.15) is 25.8 Å². The molecule has 0 fully saturated rings. The van der Waals surface area contributed by atoms with Gasteiger partial charge in [0.1, 0.15) is 10.8 Å². The third-order valence-corrected chi connectivity index (χ3v) is 3.57. The Bertz CT molecular complexity index is 584. The van der Waals surface area contributed by atoms with Gasteiger partial charge >= 0.3 is 0 Å². The molecule has 0 bridgehead atoms. The van der Waals surface area contributed by atoms with Gasteiger partial charge in [0.2, 0.25) is 5.13 Å². The van der Waals surface area contributed by atoms with Gasteiger partial charge in [0.15, 0.2) is 6.10 Å². The predicted octanol–water partition coefficient (Wildman–Crippen LogP) is 3.14. The summed E-state index contributed by atoms with van der Waals surface area (Å²) >= 11 is 1.40. The number of para-hydroxylation sites is 1. The standard InChI is InChI=1S/C15H19N3O2S/c1-10(2)9-13-17-18-15(21-13)16-14(19)11(3)20-12-7-5-4-6-8-12/h4-8,10-11H,9H2,1-3H3,(H,16,18,19). The highest BCUT2D eigenvalue weighted by molar-refractivity contribution is 7.15. The van der Waals surface area contributed by atoms with Crippen LogP contribution in [0, 0.1) is 5.92 Å². The molecule has 0 aliphatic carbocycles. The van der Waals surface area contributed by atoms with Crippen molar-refractivity contribution in [1.29, 1.82) is 0 Å². The minimum atomic E-state index is -0.593. The van der Waals surface area contributed by atoms with E-state index < -0.39 is 6.10 Å². The molecular weight excluding hydrogens is 286 g/mol. The van der Waals surface area contributed by atoms with Gasteiger partial charge in [-0.15, -0.1) is 10.2 Å². The van der Waals surface area contributed by atoms with Gasteiger partial charge in [-0.2, -0.15) is 0 Å². The van der Waals surface area contributed by atoms with Gasteiger partial charge in [0.25, 0.3) is 5.91 Å². The topological polar surface area (TPSA) is 64.1 Å². The molecule has 1 aromatic heterocycles. The van der Waals surface area contributed by atoms with E-state index in [1.165, 1.54) is 11.3 Å². The van der Waals surface area contributed by atoms with E-state index in [4.69, 9.17) is 4.74 Å². The summed E-state index contributed by atoms with van der Waals surface area (Å²) in [5, 5.41) is 12.2. The first-order valence-electron chi connectivity index (χ1n) is 6.89. The normalized spacial score (nSPS) is 12.2. The summed E-state index contributed by atoms with van der Waals surface area (Å²) in [5.41, 5.74) is 0. The molecule has 2 aromatic rings. The molecule has 0 saturated carbocycles. The van der Waals surface area contributed by atoms with Crippen LogP contribution >= 0.6 is 11.3 Å². The molecule has 0 radical (unpaired) electrons. The van der Waals surface area contributed by atoms with Gasteiger partial charge in [-0.1, -0.05) is 43.4 Å². The number of rotatable bonds is 6. The summed E-state index contributed by atoms with van der Waals surface area (Å²) in [6.07, 6.45) is 0.272. The highest BCUT2D eigenvalue weighted by Gasteiger charge is 2.17. The average molecular weight is 305 g/mol. The van der Waals surface area contributed by atoms with Gasteiger partial charge < -0.3 is 4.74 Å². The van der Waals surface area contributed by atoms with Crippen molar-refractivity contribution in [3.8, 4) is 5.75 Å². The van der Waals surface area contributed by atoms with Gasteiger partial charge in [-0.3, -0.25) is 10.1 Å². The summed E-state index contributed by atoms with van der Waals surface area (Å²) in [7, 11) is 0. The lowest BCUT2D eigenvalue weighted by molar-refractivity contribution is -0.122. The van der Waals surface area contributed by atoms with Crippen molar-refractivity contribution < 1.29 is 9.53 Å². The van der Waals surface area contributed by atoms with Gasteiger partial charge in [0, 0.05) is 6.42 Å². The van der Waals surface area contributed by atoms with Gasteiger partial charge in [-0.25, -0.2) is 0 Å². The van der Waals surface area contributed by atoms with Crippen LogP contribution < -0.4 is 10.1 Å². The fourth-order valence-corrected chi connectivity index (χ4v) is 2.65. The van der Waals surface area contributed by atoms with Crippen molar-refractivity contribution in [2.75, 3.05) is 5.32 Å². The van der Waals surface area contributed by atoms with Crippen LogP contribution in [0.25, 0.3) is 0 Å². The number of hydrogen-bond donors (Lipinski definition) is 1. The Morgan fingerprint density at radius 3 is 2.62 bits per heavy atom. The van der Waals surface area contributed by atoms with E-state index in [2.05, 4.69) is 29.4 Å². The molecular formula is C15H19N3O2S. The third-order valence-electron chi connectivity index (χ3n) is 2.71. The first kappa shape index (κ1) is 15.4. The molecule has 6 heteroatoms. The fraction of sp³-hybridized carbons (Fsp3) is 0.400. The smallest absolute Gasteiger partial charge is 0.266 e. The number of nitrogens with zero attached hydrogens (tertiary/aromatic N) is 2. The Kier molecular flexibility index (Phi) is 5.27. The summed E-state index contributed by atoms with van der Waals surface area (Å²) in [6, 6.07) is 9.26. The van der Waals surface area contributed by atoms with Crippen molar-refractivity contribution >= 4 is 22.4 Å². The van der Waals surface area contributed by atoms with E-state index >= 15 is 0 Å². The highest BCUT2D eigenvalue weighted by Crippen LogP contribution is 2.19. The van der Waals surface area contributed by atoms with Crippen LogP contribution in [0.3, 0.4) is 0 Å². The van der Waals surface area contributed by atoms with Crippen molar-refractivity contribution in [2.45, 2.75) is 33.3 Å². The Hall–Kier alpha value is -1.95. The van der Waals surface area contributed by atoms with Crippen molar-refractivity contribution in [1.82, 2.24) is 10.2 Å². The summed E-state index contributed by atoms with van der Waals surface area (Å²) in [5.74, 6) is 0.950. The maximum Gasteiger partial charge on any atom is 0.266 e. The van der Waals surface area contributed by atoms with Crippen LogP contribution in [-0.4, -0.2) is 22.2 Å². The SMILES string of the molecule is CC(C)Cc1nnc(NC(=O)C(C)Oc2ccccc2)s1. The zero-order valence-corrected chi connectivity index (χ0v) is 13.2. The first-order chi connectivity index (χ1) is 10.0. The number of carbonyl (C=O) groups excluding carboxylic acids is 1. The number of amides is 1. The molecule has 2 rings (SSSR count). The number of benzene rings is 1. The molecule has 1 atom stereocenters. The predicted molar refractivity (Wildman–Crippen MR) is 83.6 cm³/mol. The molecule has 1 unspecified atom stereocenters. The molecule has 0 aliphatic rings. The van der Waals surface area contributed by atoms with Crippen LogP contribution in [0.2, 0.25) is 0 Å². The third kappa shape index (κ3) is 4.82. The summed E-state index contributed by atoms with van der Waals surface area (Å²) < 4.78 is 5.56. The van der Waals surface area contributed by atoms with E-state index in [1.807, 2.05) is 30.3 Å². The number of hydrogen-bond acceptors (Lipinski definition) is 5. The summed E-state index contributed by atoms with van der Waals surface area (Å²) in [6.45, 7) is 5.95. The second-order valence-corrected chi connectivity index (χ2v) is 6.22. The largest absolute Gasteiger partial charge is 0.481 e. The fourth-order valence-electron chi connectivity index (χ4n) is 1.70. The minimum absolute atomic E-state index is 0.230. The monoisotopic (exact) mass is 305 g/mol. The van der Waals surface area contributed by atoms with Gasteiger partial charge in [-0.05, 0) is 25.0 Å². The van der Waals surface area contributed by atoms with Crippen molar-refractivity contribution in [3.05, 3.63) is 35.3 Å². The zero-order valence-electron chi connectivity index (χ0n) is 12.4. The van der Waals surface area contributed by atoms with Crippen LogP contribution in [-0.2, 0) is 11.2 Å². The molecule has 0 aliphatic heterocycles. The van der Waals surface area contributed by atoms with Crippen LogP contribution in [0.15, 0.2) is 30.3 Å². The lowest BCUT2D eigenvalue weighted by atomic mass is 10.1. The lowest BCUT2D eigenvalue weighted by Gasteiger charge is -2.13. The second-order valence-electron chi connectivity index (χ2n) is 5.16. The Morgan fingerprint density at radius 2 is 1.95 bits per heavy atom. The minimum Gasteiger partial charge on any atom is -0.481 e. The number of anilines is 1. The molecule has 1 amide bonds. The molecule has 0 spiro atoms. The zero-order chi connectivity index (χ0) is 15.2. The van der Waals surface area contributed by atoms with E-state index in [0.29, 0.717) is 16.8 Å². The van der Waals surface area contributed by atoms with Crippen molar-refractivity contribution in [2.24, 2.45) is 5.92 Å². The lowest BCUT2D eigenvalue weighted by Crippen LogP contribution is -2.30. The Labute approximate surface area is 128 Å². The highest BCUT2D eigenvalue weighted by atomic mass is 32.1. The Balaban J connectivity index is 1.90. The van der Waals surface area contributed by atoms with Crippen LogP contribution in [0.4, 0.5) is 5.13 Å². The van der Waals surface area contributed by atoms with E-state index in [1.54, 1.807) is 6.92 Å². The van der Waals surface area contributed by atoms with E-state index in [0.717, 1.165) is 11.4 Å². The summed E-state index contributed by atoms with van der Waals surface area (Å²) in [4.78, 5) is 12.1. The molecule has 112 valence electrons. The number of aromatic nitrogens is 2. The molecule has 0 saturated heterocycles. The average Bonchev–Trinajstić information content (AvgIpc) is 2.86. The maximum absolute atomic E-state index is 12.1. The molecule has 1 aromatic carbocycles. The molecule has 1 heterocycles. The number of ether oxygens (including phenoxy) is 1. The van der Waals surface area contributed by atoms with Gasteiger partial charge in [0.05, 0.1) is 0 Å². The van der Waals surface area contributed by atoms with Crippen molar-refractivity contribution in [3.63, 3.8) is 0 Å². The number of nitrogens with one attached hydrogen (secondary N) is 1. The molecule has 1 N–H and O–H groups in total. The maximum atomic E-state index is 12.1. The van der Waals surface area contributed by atoms with E-state index in [9.17, 15) is 4.79 Å². The molecule has 21 heavy (non-hydrogen) atoms. The number of carbonyl (C=O) groups is 1. The quantitative estimate of drug-likeness (QED) is 0.890. The van der Waals surface area contributed by atoms with Crippen LogP contribution in [0.5, 0.6) is 5.75 Å². The second kappa shape index (κ2) is 7.17. The first-order valence-corrected chi connectivity index (χ1v) is 7.71. The van der Waals surface area contributed by atoms with E-state index in [-0.39, 0.29) is 5.91 Å².